The molecule has 0 aliphatic carbocycles. The summed E-state index contributed by atoms with van der Waals surface area (Å²) in [6.45, 7) is 1.18. The number of carbonyl (C=O) groups excluding carboxylic acids is 1. The third-order valence-corrected chi connectivity index (χ3v) is 8.50. The smallest absolute Gasteiger partial charge is 0.410 e. The summed E-state index contributed by atoms with van der Waals surface area (Å²) < 4.78 is 38.3. The second-order valence-corrected chi connectivity index (χ2v) is 11.4. The van der Waals surface area contributed by atoms with Crippen LogP contribution in [0.3, 0.4) is 0 Å². The van der Waals surface area contributed by atoms with E-state index in [0.717, 1.165) is 10.9 Å². The molecule has 4 aromatic carbocycles. The van der Waals surface area contributed by atoms with E-state index in [1.165, 1.54) is 6.07 Å². The monoisotopic (exact) mass is 544 g/mol. The van der Waals surface area contributed by atoms with Crippen LogP contribution in [0.5, 0.6) is 5.75 Å². The van der Waals surface area contributed by atoms with Crippen molar-refractivity contribution in [2.75, 3.05) is 13.1 Å². The first-order valence-corrected chi connectivity index (χ1v) is 14.4. The highest BCUT2D eigenvalue weighted by molar-refractivity contribution is 7.90. The van der Waals surface area contributed by atoms with Gasteiger partial charge in [0.25, 0.3) is 0 Å². The van der Waals surface area contributed by atoms with Crippen molar-refractivity contribution in [3.05, 3.63) is 107 Å². The second kappa shape index (κ2) is 11.7. The Morgan fingerprint density at radius 1 is 0.897 bits per heavy atom. The van der Waals surface area contributed by atoms with Gasteiger partial charge in [0.05, 0.1) is 10.6 Å². The summed E-state index contributed by atoms with van der Waals surface area (Å²) in [4.78, 5) is 25.8. The summed E-state index contributed by atoms with van der Waals surface area (Å²) >= 11 is 0. The maximum atomic E-state index is 13.4. The van der Waals surface area contributed by atoms with Crippen LogP contribution in [0.2, 0.25) is 0 Å². The zero-order chi connectivity index (χ0) is 27.2. The predicted octanol–water partition coefficient (Wildman–Crippen LogP) is 6.39. The summed E-state index contributed by atoms with van der Waals surface area (Å²) in [6, 6.07) is 26.6. The Bertz CT molecular complexity index is 1580. The number of hydrogen-bond acceptors (Lipinski definition) is 7. The van der Waals surface area contributed by atoms with E-state index in [1.807, 2.05) is 48.5 Å². The number of piperidine rings is 1. The molecule has 1 aliphatic heterocycles. The van der Waals surface area contributed by atoms with Crippen molar-refractivity contribution in [2.45, 2.75) is 36.2 Å². The molecule has 5 rings (SSSR count). The highest BCUT2D eigenvalue weighted by atomic mass is 32.2. The Morgan fingerprint density at radius 3 is 2.38 bits per heavy atom. The van der Waals surface area contributed by atoms with Crippen LogP contribution in [0.1, 0.15) is 24.0 Å². The fourth-order valence-corrected chi connectivity index (χ4v) is 6.35. The van der Waals surface area contributed by atoms with Gasteiger partial charge in [0.2, 0.25) is 0 Å². The number of hydrogen-bond donors (Lipinski definition) is 0. The molecule has 1 fully saturated rings. The zero-order valence-corrected chi connectivity index (χ0v) is 22.0. The standard InChI is InChI=1S/C30H28N2O6S/c33-30(37-20-22-7-2-1-3-8-22)32-17-15-25(16-18-32)38-26-13-14-28(31-34)24(19-26)21-39(35,36)29-12-6-10-23-9-4-5-11-27(23)29/h1-14,19,25H,15-18,20-21H2. The van der Waals surface area contributed by atoms with Gasteiger partial charge in [-0.1, -0.05) is 66.7 Å². The minimum Gasteiger partial charge on any atom is -0.490 e. The molecule has 1 heterocycles. The Kier molecular flexibility index (Phi) is 7.88. The number of carbonyl (C=O) groups is 1. The first-order chi connectivity index (χ1) is 18.9. The number of amides is 1. The molecular formula is C30H28N2O6S. The lowest BCUT2D eigenvalue weighted by atomic mass is 10.1. The average molecular weight is 545 g/mol. The first kappa shape index (κ1) is 26.4. The van der Waals surface area contributed by atoms with E-state index in [9.17, 15) is 18.1 Å². The van der Waals surface area contributed by atoms with Crippen molar-refractivity contribution in [3.8, 4) is 5.75 Å². The molecule has 0 atom stereocenters. The fourth-order valence-electron chi connectivity index (χ4n) is 4.75. The Hall–Kier alpha value is -4.24. The van der Waals surface area contributed by atoms with Crippen LogP contribution < -0.4 is 4.74 Å². The Morgan fingerprint density at radius 2 is 1.62 bits per heavy atom. The average Bonchev–Trinajstić information content (AvgIpc) is 2.96. The van der Waals surface area contributed by atoms with Gasteiger partial charge in [-0.05, 0) is 40.4 Å². The number of likely N-dealkylation sites (tertiary alicyclic amines) is 1. The number of benzene rings is 4. The maximum absolute atomic E-state index is 13.4. The van der Waals surface area contributed by atoms with E-state index in [0.29, 0.717) is 37.1 Å². The third-order valence-electron chi connectivity index (χ3n) is 6.79. The lowest BCUT2D eigenvalue weighted by Crippen LogP contribution is -2.42. The number of ether oxygens (including phenoxy) is 2. The van der Waals surface area contributed by atoms with Gasteiger partial charge >= 0.3 is 6.09 Å². The van der Waals surface area contributed by atoms with Gasteiger partial charge in [0, 0.05) is 36.9 Å². The van der Waals surface area contributed by atoms with Crippen LogP contribution in [-0.4, -0.2) is 38.6 Å². The minimum absolute atomic E-state index is 0.0575. The van der Waals surface area contributed by atoms with Crippen LogP contribution in [0.25, 0.3) is 10.8 Å². The van der Waals surface area contributed by atoms with Crippen molar-refractivity contribution < 1.29 is 22.7 Å². The summed E-state index contributed by atoms with van der Waals surface area (Å²) in [5.41, 5.74) is 1.26. The highest BCUT2D eigenvalue weighted by Crippen LogP contribution is 2.32. The van der Waals surface area contributed by atoms with Crippen LogP contribution in [0, 0.1) is 4.91 Å². The molecule has 0 aromatic heterocycles. The first-order valence-electron chi connectivity index (χ1n) is 12.7. The van der Waals surface area contributed by atoms with Crippen molar-refractivity contribution in [2.24, 2.45) is 5.18 Å². The van der Waals surface area contributed by atoms with Crippen molar-refractivity contribution in [3.63, 3.8) is 0 Å². The molecule has 8 nitrogen and oxygen atoms in total. The second-order valence-electron chi connectivity index (χ2n) is 9.46. The molecular weight excluding hydrogens is 516 g/mol. The lowest BCUT2D eigenvalue weighted by Gasteiger charge is -2.31. The number of fused-ring (bicyclic) bond motifs is 1. The molecule has 0 unspecified atom stereocenters. The van der Waals surface area contributed by atoms with E-state index >= 15 is 0 Å². The highest BCUT2D eigenvalue weighted by Gasteiger charge is 2.26. The third kappa shape index (κ3) is 6.26. The number of sulfone groups is 1. The molecule has 1 saturated heterocycles. The molecule has 0 radical (unpaired) electrons. The molecule has 0 N–H and O–H groups in total. The van der Waals surface area contributed by atoms with E-state index in [2.05, 4.69) is 5.18 Å². The SMILES string of the molecule is O=Nc1ccc(OC2CCN(C(=O)OCc3ccccc3)CC2)cc1CS(=O)(=O)c1cccc2ccccc12. The summed E-state index contributed by atoms with van der Waals surface area (Å²) in [6.07, 6.45) is 0.663. The molecule has 0 bridgehead atoms. The molecule has 39 heavy (non-hydrogen) atoms. The van der Waals surface area contributed by atoms with E-state index < -0.39 is 9.84 Å². The van der Waals surface area contributed by atoms with Gasteiger partial charge < -0.3 is 14.4 Å². The topological polar surface area (TPSA) is 102 Å². The normalized spacial score (nSPS) is 14.2. The van der Waals surface area contributed by atoms with E-state index in [1.54, 1.807) is 41.3 Å². The van der Waals surface area contributed by atoms with Gasteiger partial charge in [0.15, 0.2) is 9.84 Å². The number of nitrogens with zero attached hydrogens (tertiary/aromatic N) is 2. The van der Waals surface area contributed by atoms with Crippen LogP contribution in [0.15, 0.2) is 101 Å². The van der Waals surface area contributed by atoms with Crippen molar-refractivity contribution in [1.82, 2.24) is 4.90 Å². The Labute approximate surface area is 227 Å². The molecule has 200 valence electrons. The van der Waals surface area contributed by atoms with Gasteiger partial charge in [-0.3, -0.25) is 0 Å². The number of rotatable bonds is 8. The van der Waals surface area contributed by atoms with Crippen molar-refractivity contribution in [1.29, 1.82) is 0 Å². The van der Waals surface area contributed by atoms with Gasteiger partial charge in [0.1, 0.15) is 24.1 Å². The number of nitroso groups, excluding NO2 is 1. The fraction of sp³-hybridized carbons (Fsp3) is 0.233. The quantitative estimate of drug-likeness (QED) is 0.238. The molecule has 4 aromatic rings. The van der Waals surface area contributed by atoms with Crippen LogP contribution >= 0.6 is 0 Å². The van der Waals surface area contributed by atoms with Crippen LogP contribution in [-0.2, 0) is 26.9 Å². The van der Waals surface area contributed by atoms with Crippen LogP contribution in [0.4, 0.5) is 10.5 Å². The summed E-state index contributed by atoms with van der Waals surface area (Å²) in [5.74, 6) is 0.0703. The van der Waals surface area contributed by atoms with Gasteiger partial charge in [-0.15, -0.1) is 4.91 Å². The van der Waals surface area contributed by atoms with E-state index in [4.69, 9.17) is 9.47 Å². The molecule has 0 saturated carbocycles. The molecule has 1 amide bonds. The lowest BCUT2D eigenvalue weighted by molar-refractivity contribution is 0.0638. The Balaban J connectivity index is 1.23. The summed E-state index contributed by atoms with van der Waals surface area (Å²) in [7, 11) is -3.78. The zero-order valence-electron chi connectivity index (χ0n) is 21.2. The predicted molar refractivity (Wildman–Crippen MR) is 149 cm³/mol. The molecule has 9 heteroatoms. The van der Waals surface area contributed by atoms with Gasteiger partial charge in [-0.25, -0.2) is 13.2 Å². The maximum Gasteiger partial charge on any atom is 0.410 e. The minimum atomic E-state index is -3.78. The van der Waals surface area contributed by atoms with Crippen molar-refractivity contribution >= 4 is 32.4 Å². The largest absolute Gasteiger partial charge is 0.490 e. The molecule has 1 aliphatic rings. The molecule has 0 spiro atoms. The summed E-state index contributed by atoms with van der Waals surface area (Å²) in [5, 5.41) is 4.49. The van der Waals surface area contributed by atoms with Gasteiger partial charge in [-0.2, -0.15) is 0 Å². The van der Waals surface area contributed by atoms with E-state index in [-0.39, 0.29) is 40.7 Å².